The molecule has 1 N–H and O–H groups in total. The largest absolute Gasteiger partial charge is 0.350 e. The van der Waals surface area contributed by atoms with E-state index in [4.69, 9.17) is 0 Å². The summed E-state index contributed by atoms with van der Waals surface area (Å²) in [6, 6.07) is 9.10. The first-order valence-electron chi connectivity index (χ1n) is 7.09. The summed E-state index contributed by atoms with van der Waals surface area (Å²) in [4.78, 5) is 2.32. The number of aryl methyl sites for hydroxylation is 1. The zero-order chi connectivity index (χ0) is 13.8. The fourth-order valence-electron chi connectivity index (χ4n) is 2.48. The standard InChI is InChI=1S/C16H25N3/c1-5-18(3)12-10-17-13(2)15-8-6-7-14-9-11-19(4)16(14)15/h6-9,11,13,17H,5,10,12H2,1-4H3. The monoisotopic (exact) mass is 259 g/mol. The van der Waals surface area contributed by atoms with Gasteiger partial charge < -0.3 is 14.8 Å². The van der Waals surface area contributed by atoms with E-state index < -0.39 is 0 Å². The van der Waals surface area contributed by atoms with Crippen molar-refractivity contribution in [1.29, 1.82) is 0 Å². The summed E-state index contributed by atoms with van der Waals surface area (Å²) in [5.74, 6) is 0. The molecule has 3 nitrogen and oxygen atoms in total. The van der Waals surface area contributed by atoms with Gasteiger partial charge in [-0.05, 0) is 37.5 Å². The topological polar surface area (TPSA) is 20.2 Å². The maximum absolute atomic E-state index is 3.62. The number of para-hydroxylation sites is 1. The molecule has 0 aliphatic heterocycles. The highest BCUT2D eigenvalue weighted by Gasteiger charge is 2.11. The van der Waals surface area contributed by atoms with E-state index in [0.29, 0.717) is 6.04 Å². The van der Waals surface area contributed by atoms with Crippen molar-refractivity contribution in [3.63, 3.8) is 0 Å². The summed E-state index contributed by atoms with van der Waals surface area (Å²) in [7, 11) is 4.27. The van der Waals surface area contributed by atoms with E-state index in [2.05, 4.69) is 73.2 Å². The van der Waals surface area contributed by atoms with Crippen molar-refractivity contribution in [3.8, 4) is 0 Å². The van der Waals surface area contributed by atoms with Crippen LogP contribution in [0.5, 0.6) is 0 Å². The lowest BCUT2D eigenvalue weighted by Gasteiger charge is -2.19. The summed E-state index contributed by atoms with van der Waals surface area (Å²) in [6.07, 6.45) is 2.13. The van der Waals surface area contributed by atoms with E-state index in [1.54, 1.807) is 0 Å². The number of hydrogen-bond donors (Lipinski definition) is 1. The van der Waals surface area contributed by atoms with Crippen LogP contribution in [0.15, 0.2) is 30.5 Å². The van der Waals surface area contributed by atoms with Gasteiger partial charge in [0.15, 0.2) is 0 Å². The molecular weight excluding hydrogens is 234 g/mol. The van der Waals surface area contributed by atoms with Crippen LogP contribution in [0.3, 0.4) is 0 Å². The number of aromatic nitrogens is 1. The van der Waals surface area contributed by atoms with Crippen LogP contribution in [-0.4, -0.2) is 36.1 Å². The van der Waals surface area contributed by atoms with Crippen molar-refractivity contribution in [3.05, 3.63) is 36.0 Å². The number of rotatable bonds is 6. The van der Waals surface area contributed by atoms with E-state index in [1.807, 2.05) is 0 Å². The van der Waals surface area contributed by atoms with E-state index in [1.165, 1.54) is 16.5 Å². The number of fused-ring (bicyclic) bond motifs is 1. The summed E-state index contributed by atoms with van der Waals surface area (Å²) < 4.78 is 2.21. The number of benzene rings is 1. The molecule has 1 heterocycles. The van der Waals surface area contributed by atoms with Crippen molar-refractivity contribution in [1.82, 2.24) is 14.8 Å². The molecular formula is C16H25N3. The molecule has 104 valence electrons. The molecule has 1 aromatic heterocycles. The number of nitrogens with zero attached hydrogens (tertiary/aromatic N) is 2. The Hall–Kier alpha value is -1.32. The third-order valence-corrected chi connectivity index (χ3v) is 3.88. The van der Waals surface area contributed by atoms with Crippen LogP contribution >= 0.6 is 0 Å². The molecule has 0 aliphatic carbocycles. The molecule has 0 fully saturated rings. The van der Waals surface area contributed by atoms with Crippen LogP contribution in [-0.2, 0) is 7.05 Å². The summed E-state index contributed by atoms with van der Waals surface area (Å²) >= 11 is 0. The lowest BCUT2D eigenvalue weighted by Crippen LogP contribution is -2.30. The third-order valence-electron chi connectivity index (χ3n) is 3.88. The third kappa shape index (κ3) is 3.17. The smallest absolute Gasteiger partial charge is 0.0526 e. The Morgan fingerprint density at radius 1 is 1.32 bits per heavy atom. The van der Waals surface area contributed by atoms with Gasteiger partial charge in [-0.15, -0.1) is 0 Å². The van der Waals surface area contributed by atoms with E-state index in [-0.39, 0.29) is 0 Å². The van der Waals surface area contributed by atoms with Crippen LogP contribution < -0.4 is 5.32 Å². The average molecular weight is 259 g/mol. The summed E-state index contributed by atoms with van der Waals surface area (Å²) in [6.45, 7) is 7.64. The van der Waals surface area contributed by atoms with Crippen LogP contribution in [0, 0.1) is 0 Å². The van der Waals surface area contributed by atoms with Crippen LogP contribution in [0.25, 0.3) is 10.9 Å². The Morgan fingerprint density at radius 2 is 2.11 bits per heavy atom. The molecule has 0 saturated carbocycles. The molecule has 0 spiro atoms. The summed E-state index contributed by atoms with van der Waals surface area (Å²) in [5.41, 5.74) is 2.72. The van der Waals surface area contributed by atoms with Crippen molar-refractivity contribution in [2.75, 3.05) is 26.7 Å². The zero-order valence-electron chi connectivity index (χ0n) is 12.5. The van der Waals surface area contributed by atoms with Gasteiger partial charge in [-0.3, -0.25) is 0 Å². The van der Waals surface area contributed by atoms with Gasteiger partial charge in [0.25, 0.3) is 0 Å². The SMILES string of the molecule is CCN(C)CCNC(C)c1cccc2ccn(C)c12. The Morgan fingerprint density at radius 3 is 2.84 bits per heavy atom. The molecule has 1 aromatic carbocycles. The number of likely N-dealkylation sites (N-methyl/N-ethyl adjacent to an activating group) is 1. The highest BCUT2D eigenvalue weighted by atomic mass is 15.1. The minimum atomic E-state index is 0.377. The quantitative estimate of drug-likeness (QED) is 0.861. The van der Waals surface area contributed by atoms with Gasteiger partial charge in [0.2, 0.25) is 0 Å². The predicted molar refractivity (Wildman–Crippen MR) is 82.5 cm³/mol. The maximum Gasteiger partial charge on any atom is 0.0526 e. The van der Waals surface area contributed by atoms with Crippen LogP contribution in [0.4, 0.5) is 0 Å². The molecule has 3 heteroatoms. The summed E-state index contributed by atoms with van der Waals surface area (Å²) in [5, 5.41) is 4.94. The Balaban J connectivity index is 2.09. The van der Waals surface area contributed by atoms with Gasteiger partial charge in [-0.25, -0.2) is 0 Å². The second-order valence-electron chi connectivity index (χ2n) is 5.28. The van der Waals surface area contributed by atoms with Crippen molar-refractivity contribution < 1.29 is 0 Å². The van der Waals surface area contributed by atoms with Gasteiger partial charge in [0, 0.05) is 32.4 Å². The molecule has 0 aliphatic rings. The van der Waals surface area contributed by atoms with Crippen LogP contribution in [0.1, 0.15) is 25.5 Å². The first-order chi connectivity index (χ1) is 9.13. The van der Waals surface area contributed by atoms with E-state index in [0.717, 1.165) is 19.6 Å². The highest BCUT2D eigenvalue weighted by molar-refractivity contribution is 5.83. The molecule has 0 bridgehead atoms. The molecule has 1 atom stereocenters. The number of nitrogens with one attached hydrogen (secondary N) is 1. The Kier molecular flexibility index (Phi) is 4.61. The van der Waals surface area contributed by atoms with E-state index >= 15 is 0 Å². The fraction of sp³-hybridized carbons (Fsp3) is 0.500. The molecule has 1 unspecified atom stereocenters. The molecule has 19 heavy (non-hydrogen) atoms. The lowest BCUT2D eigenvalue weighted by atomic mass is 10.1. The normalized spacial score (nSPS) is 13.3. The maximum atomic E-state index is 3.62. The van der Waals surface area contributed by atoms with E-state index in [9.17, 15) is 0 Å². The predicted octanol–water partition coefficient (Wildman–Crippen LogP) is 2.78. The fourth-order valence-corrected chi connectivity index (χ4v) is 2.48. The van der Waals surface area contributed by atoms with Gasteiger partial charge in [-0.2, -0.15) is 0 Å². The van der Waals surface area contributed by atoms with Crippen molar-refractivity contribution in [2.24, 2.45) is 7.05 Å². The minimum Gasteiger partial charge on any atom is -0.350 e. The Bertz CT molecular complexity index is 530. The molecule has 0 amide bonds. The Labute approximate surface area is 116 Å². The van der Waals surface area contributed by atoms with Gasteiger partial charge in [0.1, 0.15) is 0 Å². The van der Waals surface area contributed by atoms with Gasteiger partial charge >= 0.3 is 0 Å². The molecule has 0 saturated heterocycles. The van der Waals surface area contributed by atoms with Crippen LogP contribution in [0.2, 0.25) is 0 Å². The zero-order valence-corrected chi connectivity index (χ0v) is 12.5. The highest BCUT2D eigenvalue weighted by Crippen LogP contribution is 2.24. The molecule has 2 aromatic rings. The molecule has 0 radical (unpaired) electrons. The second kappa shape index (κ2) is 6.22. The minimum absolute atomic E-state index is 0.377. The molecule has 2 rings (SSSR count). The van der Waals surface area contributed by atoms with Crippen molar-refractivity contribution >= 4 is 10.9 Å². The number of hydrogen-bond acceptors (Lipinski definition) is 2. The lowest BCUT2D eigenvalue weighted by molar-refractivity contribution is 0.342. The first-order valence-corrected chi connectivity index (χ1v) is 7.09. The second-order valence-corrected chi connectivity index (χ2v) is 5.28. The van der Waals surface area contributed by atoms with Gasteiger partial charge in [-0.1, -0.05) is 25.1 Å². The van der Waals surface area contributed by atoms with Gasteiger partial charge in [0.05, 0.1) is 5.52 Å². The van der Waals surface area contributed by atoms with Crippen molar-refractivity contribution in [2.45, 2.75) is 19.9 Å². The first kappa shape index (κ1) is 14.1. The average Bonchev–Trinajstić information content (AvgIpc) is 2.80.